The molecule has 0 radical (unpaired) electrons. The van der Waals surface area contributed by atoms with Gasteiger partial charge in [-0.05, 0) is 66.9 Å². The number of terminal acetylenes is 1. The fourth-order valence-corrected chi connectivity index (χ4v) is 3.73. The van der Waals surface area contributed by atoms with E-state index in [2.05, 4.69) is 5.92 Å². The van der Waals surface area contributed by atoms with E-state index in [9.17, 15) is 9.59 Å². The number of ether oxygens (including phenoxy) is 3. The zero-order valence-electron chi connectivity index (χ0n) is 20.0. The molecule has 0 spiro atoms. The van der Waals surface area contributed by atoms with Gasteiger partial charge in [-0.1, -0.05) is 24.3 Å². The lowest BCUT2D eigenvalue weighted by Crippen LogP contribution is -2.11. The van der Waals surface area contributed by atoms with Crippen molar-refractivity contribution >= 4 is 16.9 Å². The van der Waals surface area contributed by atoms with Gasteiger partial charge in [-0.3, -0.25) is 4.79 Å². The molecule has 0 amide bonds. The number of carbonyl (C=O) groups excluding carboxylic acids is 1. The number of rotatable bonds is 10. The van der Waals surface area contributed by atoms with Crippen molar-refractivity contribution in [3.05, 3.63) is 94.1 Å². The normalized spacial score (nSPS) is 10.6. The summed E-state index contributed by atoms with van der Waals surface area (Å²) in [5.74, 6) is 3.31. The van der Waals surface area contributed by atoms with Crippen molar-refractivity contribution in [3.8, 4) is 35.2 Å². The first-order chi connectivity index (χ1) is 17.6. The maximum atomic E-state index is 13.4. The number of hydrogen-bond acceptors (Lipinski definition) is 6. The summed E-state index contributed by atoms with van der Waals surface area (Å²) < 4.78 is 22.7. The van der Waals surface area contributed by atoms with Gasteiger partial charge in [0.1, 0.15) is 17.9 Å². The highest BCUT2D eigenvalue weighted by molar-refractivity contribution is 5.89. The van der Waals surface area contributed by atoms with Crippen LogP contribution in [0.5, 0.6) is 11.5 Å². The Labute approximate surface area is 209 Å². The molecule has 0 N–H and O–H groups in total. The second-order valence-electron chi connectivity index (χ2n) is 8.10. The van der Waals surface area contributed by atoms with Crippen LogP contribution in [0.1, 0.15) is 35.2 Å². The lowest BCUT2D eigenvalue weighted by atomic mass is 10.1. The van der Waals surface area contributed by atoms with Crippen LogP contribution in [0.4, 0.5) is 0 Å². The van der Waals surface area contributed by atoms with Crippen LogP contribution in [0, 0.1) is 12.3 Å². The van der Waals surface area contributed by atoms with E-state index in [1.54, 1.807) is 36.4 Å². The van der Waals surface area contributed by atoms with Crippen molar-refractivity contribution in [2.24, 2.45) is 0 Å². The zero-order chi connectivity index (χ0) is 25.3. The maximum Gasteiger partial charge on any atom is 0.337 e. The minimum absolute atomic E-state index is 0.0692. The smallest absolute Gasteiger partial charge is 0.337 e. The molecule has 0 aliphatic heterocycles. The Morgan fingerprint density at radius 1 is 0.972 bits per heavy atom. The molecule has 0 aliphatic carbocycles. The van der Waals surface area contributed by atoms with Crippen molar-refractivity contribution in [1.82, 2.24) is 0 Å². The minimum Gasteiger partial charge on any atom is -0.494 e. The van der Waals surface area contributed by atoms with Crippen LogP contribution in [-0.4, -0.2) is 19.7 Å². The van der Waals surface area contributed by atoms with Gasteiger partial charge in [0.25, 0.3) is 0 Å². The van der Waals surface area contributed by atoms with Crippen LogP contribution in [0.25, 0.3) is 22.3 Å². The fraction of sp³-hybridized carbons (Fsp3) is 0.200. The van der Waals surface area contributed by atoms with Crippen LogP contribution in [0.15, 0.2) is 82.0 Å². The van der Waals surface area contributed by atoms with Crippen molar-refractivity contribution in [3.63, 3.8) is 0 Å². The first-order valence-electron chi connectivity index (χ1n) is 11.6. The monoisotopic (exact) mass is 482 g/mol. The fourth-order valence-electron chi connectivity index (χ4n) is 3.73. The summed E-state index contributed by atoms with van der Waals surface area (Å²) in [6.45, 7) is 0.644. The highest BCUT2D eigenvalue weighted by Gasteiger charge is 2.18. The number of esters is 1. The van der Waals surface area contributed by atoms with Crippen molar-refractivity contribution in [2.45, 2.75) is 25.9 Å². The second-order valence-corrected chi connectivity index (χ2v) is 8.10. The molecule has 0 atom stereocenters. The van der Waals surface area contributed by atoms with Gasteiger partial charge in [-0.25, -0.2) is 4.79 Å². The van der Waals surface area contributed by atoms with Gasteiger partial charge >= 0.3 is 5.97 Å². The number of carbonyl (C=O) groups is 1. The van der Waals surface area contributed by atoms with E-state index in [0.717, 1.165) is 19.3 Å². The molecule has 3 aromatic carbocycles. The van der Waals surface area contributed by atoms with E-state index < -0.39 is 5.97 Å². The maximum absolute atomic E-state index is 13.4. The molecule has 182 valence electrons. The summed E-state index contributed by atoms with van der Waals surface area (Å²) in [7, 11) is 1.33. The summed E-state index contributed by atoms with van der Waals surface area (Å²) >= 11 is 0. The third-order valence-corrected chi connectivity index (χ3v) is 5.59. The number of unbranched alkanes of at least 4 members (excludes halogenated alkanes) is 2. The largest absolute Gasteiger partial charge is 0.494 e. The Morgan fingerprint density at radius 3 is 2.56 bits per heavy atom. The number of methoxy groups -OCH3 is 1. The molecule has 0 unspecified atom stereocenters. The van der Waals surface area contributed by atoms with Crippen LogP contribution >= 0.6 is 0 Å². The summed E-state index contributed by atoms with van der Waals surface area (Å²) in [4.78, 5) is 25.2. The van der Waals surface area contributed by atoms with Crippen molar-refractivity contribution in [2.75, 3.05) is 13.7 Å². The van der Waals surface area contributed by atoms with Crippen LogP contribution in [0.3, 0.4) is 0 Å². The van der Waals surface area contributed by atoms with E-state index in [-0.39, 0.29) is 17.8 Å². The number of benzene rings is 3. The standard InChI is InChI=1S/C30H26O6/c1-3-4-5-8-18-34-24-16-14-22(15-17-24)28-29(27(31)25-12-6-7-13-26(25)36-28)35-20-21-10-9-11-23(19-21)30(32)33-2/h1,6-7,9-17,19H,4-5,8,18,20H2,2H3. The molecule has 0 fully saturated rings. The molecule has 1 aromatic heterocycles. The Balaban J connectivity index is 1.62. The van der Waals surface area contributed by atoms with Crippen molar-refractivity contribution in [1.29, 1.82) is 0 Å². The topological polar surface area (TPSA) is 75.0 Å². The Kier molecular flexibility index (Phi) is 8.05. The van der Waals surface area contributed by atoms with Gasteiger partial charge in [0, 0.05) is 12.0 Å². The van der Waals surface area contributed by atoms with Crippen molar-refractivity contribution < 1.29 is 23.4 Å². The Hall–Kier alpha value is -4.50. The predicted molar refractivity (Wildman–Crippen MR) is 138 cm³/mol. The lowest BCUT2D eigenvalue weighted by Gasteiger charge is -2.13. The molecule has 0 saturated heterocycles. The number of hydrogen-bond donors (Lipinski definition) is 0. The number of fused-ring (bicyclic) bond motifs is 1. The molecule has 0 bridgehead atoms. The van der Waals surface area contributed by atoms with E-state index in [0.29, 0.717) is 45.8 Å². The molecule has 1 heterocycles. The number of para-hydroxylation sites is 1. The lowest BCUT2D eigenvalue weighted by molar-refractivity contribution is 0.0600. The SMILES string of the molecule is C#CCCCCOc1ccc(-c2oc3ccccc3c(=O)c2OCc2cccc(C(=O)OC)c2)cc1. The highest BCUT2D eigenvalue weighted by Crippen LogP contribution is 2.32. The first kappa shape index (κ1) is 24.6. The van der Waals surface area contributed by atoms with Crippen LogP contribution < -0.4 is 14.9 Å². The Bertz CT molecular complexity index is 1440. The Morgan fingerprint density at radius 2 is 1.78 bits per heavy atom. The summed E-state index contributed by atoms with van der Waals surface area (Å²) in [5.41, 5.74) is 1.98. The minimum atomic E-state index is -0.443. The average Bonchev–Trinajstić information content (AvgIpc) is 2.92. The molecule has 0 saturated carbocycles. The summed E-state index contributed by atoms with van der Waals surface area (Å²) in [6, 6.07) is 21.2. The van der Waals surface area contributed by atoms with Crippen LogP contribution in [0.2, 0.25) is 0 Å². The average molecular weight is 483 g/mol. The first-order valence-corrected chi connectivity index (χ1v) is 11.6. The third kappa shape index (κ3) is 5.76. The molecule has 6 heteroatoms. The third-order valence-electron chi connectivity index (χ3n) is 5.59. The molecule has 4 rings (SSSR count). The van der Waals surface area contributed by atoms with Gasteiger partial charge in [0.2, 0.25) is 11.2 Å². The van der Waals surface area contributed by atoms with E-state index >= 15 is 0 Å². The van der Waals surface area contributed by atoms with Gasteiger partial charge in [0.05, 0.1) is 24.7 Å². The van der Waals surface area contributed by atoms with E-state index in [4.69, 9.17) is 25.1 Å². The predicted octanol–water partition coefficient (Wildman–Crippen LogP) is 6.01. The molecule has 36 heavy (non-hydrogen) atoms. The molecule has 4 aromatic rings. The second kappa shape index (κ2) is 11.8. The molecular weight excluding hydrogens is 456 g/mol. The summed E-state index contributed by atoms with van der Waals surface area (Å²) in [5, 5.41) is 0.423. The van der Waals surface area contributed by atoms with Gasteiger partial charge in [0.15, 0.2) is 5.76 Å². The van der Waals surface area contributed by atoms with Gasteiger partial charge < -0.3 is 18.6 Å². The van der Waals surface area contributed by atoms with Crippen LogP contribution in [-0.2, 0) is 11.3 Å². The van der Waals surface area contributed by atoms with Gasteiger partial charge in [-0.15, -0.1) is 12.3 Å². The quantitative estimate of drug-likeness (QED) is 0.157. The van der Waals surface area contributed by atoms with Gasteiger partial charge in [-0.2, -0.15) is 0 Å². The highest BCUT2D eigenvalue weighted by atomic mass is 16.5. The summed E-state index contributed by atoms with van der Waals surface area (Å²) in [6.07, 6.45) is 7.81. The molecule has 6 nitrogen and oxygen atoms in total. The molecule has 0 aliphatic rings. The van der Waals surface area contributed by atoms with E-state index in [1.165, 1.54) is 7.11 Å². The van der Waals surface area contributed by atoms with E-state index in [1.807, 2.05) is 36.4 Å². The molecular formula is C30H26O6. The zero-order valence-corrected chi connectivity index (χ0v) is 20.0.